The number of carbonyl (C=O) groups excluding carboxylic acids is 1. The first-order chi connectivity index (χ1) is 17.8. The highest BCUT2D eigenvalue weighted by atomic mass is 32.1. The first kappa shape index (κ1) is 26.4. The number of benzene rings is 1. The summed E-state index contributed by atoms with van der Waals surface area (Å²) in [4.78, 5) is 22.4. The van der Waals surface area contributed by atoms with Gasteiger partial charge in [-0.05, 0) is 62.1 Å². The number of rotatable bonds is 10. The van der Waals surface area contributed by atoms with Crippen LogP contribution in [0.25, 0.3) is 22.0 Å². The van der Waals surface area contributed by atoms with Crippen molar-refractivity contribution in [2.45, 2.75) is 40.7 Å². The van der Waals surface area contributed by atoms with E-state index in [4.69, 9.17) is 14.5 Å². The minimum atomic E-state index is -0.0597. The lowest BCUT2D eigenvalue weighted by molar-refractivity contribution is 0.0948. The Morgan fingerprint density at radius 1 is 1.08 bits per heavy atom. The second-order valence-electron chi connectivity index (χ2n) is 9.45. The summed E-state index contributed by atoms with van der Waals surface area (Å²) in [7, 11) is 3.27. The molecule has 7 nitrogen and oxygen atoms in total. The number of carbonyl (C=O) groups is 1. The Morgan fingerprint density at radius 2 is 1.86 bits per heavy atom. The van der Waals surface area contributed by atoms with E-state index in [2.05, 4.69) is 28.7 Å². The zero-order valence-corrected chi connectivity index (χ0v) is 23.1. The van der Waals surface area contributed by atoms with Crippen LogP contribution in [0.15, 0.2) is 48.0 Å². The average Bonchev–Trinajstić information content (AvgIpc) is 3.51. The summed E-state index contributed by atoms with van der Waals surface area (Å²) < 4.78 is 13.0. The molecule has 0 saturated carbocycles. The van der Waals surface area contributed by atoms with E-state index in [1.165, 1.54) is 0 Å². The quantitative estimate of drug-likeness (QED) is 0.281. The van der Waals surface area contributed by atoms with Crippen LogP contribution in [0.1, 0.15) is 41.2 Å². The molecule has 0 unspecified atom stereocenters. The van der Waals surface area contributed by atoms with E-state index in [1.54, 1.807) is 25.6 Å². The van der Waals surface area contributed by atoms with Crippen molar-refractivity contribution in [3.8, 4) is 33.5 Å². The topological polar surface area (TPSA) is 78.3 Å². The Morgan fingerprint density at radius 3 is 2.54 bits per heavy atom. The van der Waals surface area contributed by atoms with Crippen molar-refractivity contribution >= 4 is 17.2 Å². The highest BCUT2D eigenvalue weighted by molar-refractivity contribution is 7.13. The van der Waals surface area contributed by atoms with Gasteiger partial charge in [0.1, 0.15) is 5.01 Å². The van der Waals surface area contributed by atoms with Crippen molar-refractivity contribution in [1.82, 2.24) is 19.9 Å². The molecule has 0 saturated heterocycles. The zero-order chi connectivity index (χ0) is 26.5. The number of methoxy groups -OCH3 is 2. The number of nitrogens with one attached hydrogen (secondary N) is 1. The first-order valence-electron chi connectivity index (χ1n) is 12.4. The predicted molar refractivity (Wildman–Crippen MR) is 149 cm³/mol. The van der Waals surface area contributed by atoms with Crippen LogP contribution in [0, 0.1) is 19.8 Å². The van der Waals surface area contributed by atoms with Crippen LogP contribution in [0.4, 0.5) is 0 Å². The molecule has 3 aromatic heterocycles. The van der Waals surface area contributed by atoms with E-state index in [9.17, 15) is 4.79 Å². The summed E-state index contributed by atoms with van der Waals surface area (Å²) in [5.41, 5.74) is 6.44. The fraction of sp³-hybridized carbons (Fsp3) is 0.345. The molecule has 37 heavy (non-hydrogen) atoms. The summed E-state index contributed by atoms with van der Waals surface area (Å²) in [5.74, 6) is 1.72. The van der Waals surface area contributed by atoms with Crippen LogP contribution in [0.3, 0.4) is 0 Å². The monoisotopic (exact) mass is 518 g/mol. The smallest absolute Gasteiger partial charge is 0.253 e. The standard InChI is InChI=1S/C29H34N4O3S/c1-18(2)15-31-28(34)23-14-25(24-17-37-29(32-24)22-9-7-19(3)30-16-22)33(20(23)4)12-11-21-8-10-26(35-5)27(13-21)36-6/h7-10,13-14,16-18H,11-12,15H2,1-6H3,(H,31,34). The molecule has 4 rings (SSSR count). The van der Waals surface area contributed by atoms with Gasteiger partial charge in [0.15, 0.2) is 11.5 Å². The maximum absolute atomic E-state index is 13.1. The number of aryl methyl sites for hydroxylation is 2. The van der Waals surface area contributed by atoms with Crippen LogP contribution in [0.5, 0.6) is 11.5 Å². The van der Waals surface area contributed by atoms with Gasteiger partial charge in [-0.3, -0.25) is 9.78 Å². The Labute approximate surface area is 222 Å². The van der Waals surface area contributed by atoms with Crippen LogP contribution >= 0.6 is 11.3 Å². The second kappa shape index (κ2) is 11.6. The van der Waals surface area contributed by atoms with Gasteiger partial charge in [-0.1, -0.05) is 19.9 Å². The molecule has 0 spiro atoms. The van der Waals surface area contributed by atoms with Crippen LogP contribution in [-0.2, 0) is 13.0 Å². The normalized spacial score (nSPS) is 11.1. The van der Waals surface area contributed by atoms with Gasteiger partial charge in [0.25, 0.3) is 5.91 Å². The third-order valence-corrected chi connectivity index (χ3v) is 7.17. The number of hydrogen-bond acceptors (Lipinski definition) is 6. The molecule has 4 aromatic rings. The Kier molecular flexibility index (Phi) is 8.28. The van der Waals surface area contributed by atoms with Gasteiger partial charge in [0.2, 0.25) is 0 Å². The SMILES string of the molecule is COc1ccc(CCn2c(-c3csc(-c4ccc(C)nc4)n3)cc(C(=O)NCC(C)C)c2C)cc1OC. The van der Waals surface area contributed by atoms with E-state index < -0.39 is 0 Å². The molecule has 0 bridgehead atoms. The molecule has 0 aliphatic rings. The molecular weight excluding hydrogens is 484 g/mol. The Balaban J connectivity index is 1.68. The Hall–Kier alpha value is -3.65. The highest BCUT2D eigenvalue weighted by Crippen LogP contribution is 2.32. The lowest BCUT2D eigenvalue weighted by Gasteiger charge is -2.13. The molecule has 0 radical (unpaired) electrons. The molecule has 194 valence electrons. The average molecular weight is 519 g/mol. The third kappa shape index (κ3) is 6.02. The van der Waals surface area contributed by atoms with E-state index >= 15 is 0 Å². The summed E-state index contributed by atoms with van der Waals surface area (Å²) in [5, 5.41) is 6.01. The van der Waals surface area contributed by atoms with Crippen molar-refractivity contribution in [3.05, 3.63) is 70.5 Å². The number of thiazole rings is 1. The maximum Gasteiger partial charge on any atom is 0.253 e. The van der Waals surface area contributed by atoms with Crippen molar-refractivity contribution in [2.24, 2.45) is 5.92 Å². The zero-order valence-electron chi connectivity index (χ0n) is 22.3. The van der Waals surface area contributed by atoms with Gasteiger partial charge in [-0.2, -0.15) is 0 Å². The number of amides is 1. The van der Waals surface area contributed by atoms with E-state index in [1.807, 2.05) is 61.8 Å². The molecule has 0 atom stereocenters. The molecule has 1 aromatic carbocycles. The van der Waals surface area contributed by atoms with Crippen LogP contribution in [0.2, 0.25) is 0 Å². The summed E-state index contributed by atoms with van der Waals surface area (Å²) >= 11 is 1.58. The molecule has 0 aliphatic carbocycles. The lowest BCUT2D eigenvalue weighted by atomic mass is 10.1. The van der Waals surface area contributed by atoms with E-state index in [0.29, 0.717) is 36.1 Å². The van der Waals surface area contributed by atoms with Crippen molar-refractivity contribution < 1.29 is 14.3 Å². The highest BCUT2D eigenvalue weighted by Gasteiger charge is 2.21. The Bertz CT molecular complexity index is 1370. The van der Waals surface area contributed by atoms with Gasteiger partial charge in [0, 0.05) is 41.6 Å². The molecular formula is C29H34N4O3S. The van der Waals surface area contributed by atoms with E-state index in [0.717, 1.165) is 45.3 Å². The molecule has 0 aliphatic heterocycles. The number of aromatic nitrogens is 3. The second-order valence-corrected chi connectivity index (χ2v) is 10.3. The number of hydrogen-bond donors (Lipinski definition) is 1. The lowest BCUT2D eigenvalue weighted by Crippen LogP contribution is -2.27. The molecule has 0 fully saturated rings. The fourth-order valence-electron chi connectivity index (χ4n) is 4.16. The number of ether oxygens (including phenoxy) is 2. The largest absolute Gasteiger partial charge is 0.493 e. The minimum absolute atomic E-state index is 0.0597. The first-order valence-corrected chi connectivity index (χ1v) is 13.3. The third-order valence-electron chi connectivity index (χ3n) is 6.28. The summed E-state index contributed by atoms with van der Waals surface area (Å²) in [6.07, 6.45) is 2.61. The molecule has 8 heteroatoms. The molecule has 1 N–H and O–H groups in total. The molecule has 3 heterocycles. The summed E-state index contributed by atoms with van der Waals surface area (Å²) in [6, 6.07) is 12.0. The van der Waals surface area contributed by atoms with Crippen LogP contribution < -0.4 is 14.8 Å². The maximum atomic E-state index is 13.1. The predicted octanol–water partition coefficient (Wildman–Crippen LogP) is 5.94. The molecule has 1 amide bonds. The number of pyridine rings is 1. The summed E-state index contributed by atoms with van der Waals surface area (Å²) in [6.45, 7) is 9.46. The van der Waals surface area contributed by atoms with Crippen molar-refractivity contribution in [2.75, 3.05) is 20.8 Å². The van der Waals surface area contributed by atoms with Gasteiger partial charge < -0.3 is 19.4 Å². The number of nitrogens with zero attached hydrogens (tertiary/aromatic N) is 3. The van der Waals surface area contributed by atoms with Crippen LogP contribution in [-0.4, -0.2) is 41.2 Å². The van der Waals surface area contributed by atoms with Gasteiger partial charge in [-0.15, -0.1) is 11.3 Å². The van der Waals surface area contributed by atoms with Gasteiger partial charge >= 0.3 is 0 Å². The van der Waals surface area contributed by atoms with Gasteiger partial charge in [0.05, 0.1) is 31.2 Å². The van der Waals surface area contributed by atoms with Gasteiger partial charge in [-0.25, -0.2) is 4.98 Å². The minimum Gasteiger partial charge on any atom is -0.493 e. The fourth-order valence-corrected chi connectivity index (χ4v) is 4.97. The van der Waals surface area contributed by atoms with E-state index in [-0.39, 0.29) is 5.91 Å². The van der Waals surface area contributed by atoms with Crippen molar-refractivity contribution in [3.63, 3.8) is 0 Å². The van der Waals surface area contributed by atoms with Crippen molar-refractivity contribution in [1.29, 1.82) is 0 Å².